The maximum Gasteiger partial charge on any atom is 0.254 e. The smallest absolute Gasteiger partial charge is 0.254 e. The first-order chi connectivity index (χ1) is 18.6. The van der Waals surface area contributed by atoms with Crippen LogP contribution >= 0.6 is 0 Å². The van der Waals surface area contributed by atoms with Crippen LogP contribution in [0.25, 0.3) is 11.1 Å². The van der Waals surface area contributed by atoms with E-state index in [4.69, 9.17) is 4.74 Å². The highest BCUT2D eigenvalue weighted by Crippen LogP contribution is 2.38. The Bertz CT molecular complexity index is 1390. The summed E-state index contributed by atoms with van der Waals surface area (Å²) in [6, 6.07) is 14.5. The summed E-state index contributed by atoms with van der Waals surface area (Å²) < 4.78 is 5.50. The standard InChI is InChI=1S/C29H31N7O2/c1-35-10-12-36(13-11-35)21-2-5-26(32-17-21)34-24-4-3-22(23-18-33-28(37)27(23)24)20-6-9-31-25(16-20)29(19-30)7-14-38-15-8-29/h2-6,9,16-17H,7-8,10-15,18H2,1H3,(H,32,34)(H,33,37). The number of anilines is 3. The lowest BCUT2D eigenvalue weighted by Gasteiger charge is -2.33. The lowest BCUT2D eigenvalue weighted by atomic mass is 9.77. The van der Waals surface area contributed by atoms with Crippen LogP contribution in [0.15, 0.2) is 48.8 Å². The van der Waals surface area contributed by atoms with E-state index in [2.05, 4.69) is 49.6 Å². The number of piperazine rings is 1. The number of benzene rings is 1. The molecule has 3 aliphatic rings. The van der Waals surface area contributed by atoms with Crippen LogP contribution in [-0.4, -0.2) is 67.2 Å². The second-order valence-electron chi connectivity index (χ2n) is 10.2. The van der Waals surface area contributed by atoms with E-state index in [9.17, 15) is 10.1 Å². The summed E-state index contributed by atoms with van der Waals surface area (Å²) >= 11 is 0. The van der Waals surface area contributed by atoms with Crippen LogP contribution in [0, 0.1) is 11.3 Å². The monoisotopic (exact) mass is 509 g/mol. The third kappa shape index (κ3) is 4.46. The first kappa shape index (κ1) is 24.3. The number of pyridine rings is 2. The number of rotatable bonds is 5. The van der Waals surface area contributed by atoms with Crippen molar-refractivity contribution in [2.45, 2.75) is 24.8 Å². The molecule has 0 radical (unpaired) electrons. The molecule has 3 aliphatic heterocycles. The predicted molar refractivity (Wildman–Crippen MR) is 145 cm³/mol. The minimum Gasteiger partial charge on any atom is -0.381 e. The molecule has 3 aromatic rings. The van der Waals surface area contributed by atoms with Crippen LogP contribution in [0.3, 0.4) is 0 Å². The quantitative estimate of drug-likeness (QED) is 0.539. The van der Waals surface area contributed by atoms with Gasteiger partial charge in [-0.25, -0.2) is 4.98 Å². The summed E-state index contributed by atoms with van der Waals surface area (Å²) in [5, 5.41) is 16.3. The van der Waals surface area contributed by atoms with Crippen LogP contribution < -0.4 is 15.5 Å². The molecule has 194 valence electrons. The third-order valence-corrected chi connectivity index (χ3v) is 7.97. The van der Waals surface area contributed by atoms with Crippen molar-refractivity contribution in [1.82, 2.24) is 20.2 Å². The summed E-state index contributed by atoms with van der Waals surface area (Å²) in [6.45, 7) is 5.61. The maximum atomic E-state index is 12.9. The molecule has 9 heteroatoms. The highest BCUT2D eigenvalue weighted by Gasteiger charge is 2.36. The van der Waals surface area contributed by atoms with Gasteiger partial charge in [-0.2, -0.15) is 5.26 Å². The van der Waals surface area contributed by atoms with Gasteiger partial charge in [-0.15, -0.1) is 0 Å². The number of fused-ring (bicyclic) bond motifs is 1. The van der Waals surface area contributed by atoms with Gasteiger partial charge in [0.05, 0.1) is 34.9 Å². The van der Waals surface area contributed by atoms with Crippen molar-refractivity contribution in [3.05, 3.63) is 65.6 Å². The summed E-state index contributed by atoms with van der Waals surface area (Å²) in [5.74, 6) is 0.588. The molecule has 2 fully saturated rings. The molecular weight excluding hydrogens is 478 g/mol. The fourth-order valence-electron chi connectivity index (χ4n) is 5.58. The lowest BCUT2D eigenvalue weighted by molar-refractivity contribution is 0.0664. The fraction of sp³-hybridized carbons (Fsp3) is 0.379. The van der Waals surface area contributed by atoms with Gasteiger partial charge < -0.3 is 25.2 Å². The average Bonchev–Trinajstić information content (AvgIpc) is 3.36. The third-order valence-electron chi connectivity index (χ3n) is 7.97. The largest absolute Gasteiger partial charge is 0.381 e. The number of carbonyl (C=O) groups excluding carboxylic acids is 1. The van der Waals surface area contributed by atoms with E-state index in [-0.39, 0.29) is 5.91 Å². The van der Waals surface area contributed by atoms with Crippen molar-refractivity contribution >= 4 is 23.1 Å². The molecule has 2 saturated heterocycles. The minimum absolute atomic E-state index is 0.106. The van der Waals surface area contributed by atoms with Crippen molar-refractivity contribution in [3.63, 3.8) is 0 Å². The molecule has 38 heavy (non-hydrogen) atoms. The van der Waals surface area contributed by atoms with Crippen LogP contribution in [0.1, 0.15) is 34.5 Å². The SMILES string of the molecule is CN1CCN(c2ccc(Nc3ccc(-c4ccnc(C5(C#N)CCOCC5)c4)c4c3C(=O)NC4)nc2)CC1. The Morgan fingerprint density at radius 2 is 1.89 bits per heavy atom. The summed E-state index contributed by atoms with van der Waals surface area (Å²) in [5.41, 5.74) is 5.43. The van der Waals surface area contributed by atoms with E-state index in [1.807, 2.05) is 36.5 Å². The Balaban J connectivity index is 1.28. The van der Waals surface area contributed by atoms with Crippen molar-refractivity contribution in [3.8, 4) is 17.2 Å². The van der Waals surface area contributed by atoms with Gasteiger partial charge in [0.2, 0.25) is 0 Å². The van der Waals surface area contributed by atoms with Gasteiger partial charge in [0.15, 0.2) is 0 Å². The number of aromatic nitrogens is 2. The lowest BCUT2D eigenvalue weighted by Crippen LogP contribution is -2.44. The normalized spacial score (nSPS) is 18.9. The van der Waals surface area contributed by atoms with E-state index in [1.165, 1.54) is 0 Å². The Kier molecular flexibility index (Phi) is 6.44. The number of nitrogens with one attached hydrogen (secondary N) is 2. The zero-order valence-corrected chi connectivity index (χ0v) is 21.5. The summed E-state index contributed by atoms with van der Waals surface area (Å²) in [7, 11) is 2.14. The van der Waals surface area contributed by atoms with Gasteiger partial charge >= 0.3 is 0 Å². The summed E-state index contributed by atoms with van der Waals surface area (Å²) in [4.78, 5) is 26.8. The van der Waals surface area contributed by atoms with Crippen molar-refractivity contribution in [1.29, 1.82) is 5.26 Å². The second kappa shape index (κ2) is 10.0. The Hall–Kier alpha value is -4.00. The number of carbonyl (C=O) groups is 1. The van der Waals surface area contributed by atoms with Crippen LogP contribution in [-0.2, 0) is 16.7 Å². The van der Waals surface area contributed by atoms with E-state index >= 15 is 0 Å². The molecule has 0 aliphatic carbocycles. The number of hydrogen-bond donors (Lipinski definition) is 2. The number of ether oxygens (including phenoxy) is 1. The second-order valence-corrected chi connectivity index (χ2v) is 10.2. The van der Waals surface area contributed by atoms with Crippen molar-refractivity contribution < 1.29 is 9.53 Å². The highest BCUT2D eigenvalue weighted by molar-refractivity contribution is 6.06. The Morgan fingerprint density at radius 3 is 2.63 bits per heavy atom. The first-order valence-electron chi connectivity index (χ1n) is 13.1. The summed E-state index contributed by atoms with van der Waals surface area (Å²) in [6.07, 6.45) is 4.90. The molecule has 2 aromatic heterocycles. The van der Waals surface area contributed by atoms with E-state index in [0.717, 1.165) is 59.9 Å². The molecule has 0 spiro atoms. The number of hydrogen-bond acceptors (Lipinski definition) is 8. The predicted octanol–water partition coefficient (Wildman–Crippen LogP) is 3.45. The molecule has 1 amide bonds. The molecule has 0 unspecified atom stereocenters. The topological polar surface area (TPSA) is 106 Å². The molecule has 1 aromatic carbocycles. The van der Waals surface area contributed by atoms with Crippen molar-refractivity contribution in [2.24, 2.45) is 0 Å². The number of likely N-dealkylation sites (N-methyl/N-ethyl adjacent to an activating group) is 1. The minimum atomic E-state index is -0.644. The molecule has 0 atom stereocenters. The Labute approximate surface area is 222 Å². The molecule has 5 heterocycles. The van der Waals surface area contributed by atoms with Gasteiger partial charge in [0.1, 0.15) is 11.2 Å². The molecule has 9 nitrogen and oxygen atoms in total. The fourth-order valence-corrected chi connectivity index (χ4v) is 5.58. The van der Waals surface area contributed by atoms with Gasteiger partial charge in [0.25, 0.3) is 5.91 Å². The van der Waals surface area contributed by atoms with Gasteiger partial charge in [-0.3, -0.25) is 9.78 Å². The van der Waals surface area contributed by atoms with Gasteiger partial charge in [-0.1, -0.05) is 6.07 Å². The molecule has 2 N–H and O–H groups in total. The number of nitriles is 1. The maximum absolute atomic E-state index is 12.9. The highest BCUT2D eigenvalue weighted by atomic mass is 16.5. The zero-order valence-electron chi connectivity index (χ0n) is 21.5. The first-order valence-corrected chi connectivity index (χ1v) is 13.1. The van der Waals surface area contributed by atoms with Crippen LogP contribution in [0.2, 0.25) is 0 Å². The van der Waals surface area contributed by atoms with E-state index in [1.54, 1.807) is 6.20 Å². The zero-order chi connectivity index (χ0) is 26.1. The molecule has 6 rings (SSSR count). The van der Waals surface area contributed by atoms with E-state index < -0.39 is 5.41 Å². The number of nitrogens with zero attached hydrogens (tertiary/aromatic N) is 5. The molecule has 0 bridgehead atoms. The van der Waals surface area contributed by atoms with Crippen LogP contribution in [0.4, 0.5) is 17.2 Å². The molecular formula is C29H31N7O2. The molecule has 0 saturated carbocycles. The van der Waals surface area contributed by atoms with E-state index in [0.29, 0.717) is 44.0 Å². The van der Waals surface area contributed by atoms with Gasteiger partial charge in [-0.05, 0) is 66.9 Å². The van der Waals surface area contributed by atoms with Crippen LogP contribution in [0.5, 0.6) is 0 Å². The van der Waals surface area contributed by atoms with Crippen molar-refractivity contribution in [2.75, 3.05) is 56.7 Å². The van der Waals surface area contributed by atoms with Gasteiger partial charge in [0, 0.05) is 52.1 Å². The average molecular weight is 510 g/mol. The Morgan fingerprint density at radius 1 is 1.08 bits per heavy atom. The number of amides is 1.